The number of rotatable bonds is 4. The highest BCUT2D eigenvalue weighted by Gasteiger charge is 2.14. The number of hydrogen-bond donors (Lipinski definition) is 0. The molecule has 1 aromatic heterocycles. The zero-order chi connectivity index (χ0) is 19.7. The molecule has 4 rings (SSSR count). The van der Waals surface area contributed by atoms with Crippen molar-refractivity contribution >= 4 is 22.6 Å². The van der Waals surface area contributed by atoms with Crippen LogP contribution in [0.5, 0.6) is 5.75 Å². The van der Waals surface area contributed by atoms with E-state index in [-0.39, 0.29) is 0 Å². The molecule has 3 nitrogen and oxygen atoms in total. The Bertz CT molecular complexity index is 1150. The van der Waals surface area contributed by atoms with E-state index in [1.54, 1.807) is 7.11 Å². The van der Waals surface area contributed by atoms with Gasteiger partial charge in [-0.05, 0) is 73.0 Å². The van der Waals surface area contributed by atoms with Crippen molar-refractivity contribution in [2.75, 3.05) is 7.11 Å². The highest BCUT2D eigenvalue weighted by atomic mass is 35.5. The zero-order valence-corrected chi connectivity index (χ0v) is 16.9. The summed E-state index contributed by atoms with van der Waals surface area (Å²) in [4.78, 5) is 9.96. The van der Waals surface area contributed by atoms with E-state index >= 15 is 0 Å². The van der Waals surface area contributed by atoms with Crippen LogP contribution in [0.2, 0.25) is 5.02 Å². The summed E-state index contributed by atoms with van der Waals surface area (Å²) in [6, 6.07) is 20.0. The first-order valence-electron chi connectivity index (χ1n) is 9.21. The molecule has 0 N–H and O–H groups in total. The van der Waals surface area contributed by atoms with Crippen LogP contribution in [0.15, 0.2) is 60.7 Å². The summed E-state index contributed by atoms with van der Waals surface area (Å²) in [5, 5.41) is 0.741. The second-order valence-corrected chi connectivity index (χ2v) is 7.35. The van der Waals surface area contributed by atoms with Gasteiger partial charge in [-0.1, -0.05) is 29.8 Å². The van der Waals surface area contributed by atoms with Gasteiger partial charge in [0.15, 0.2) is 0 Å². The van der Waals surface area contributed by atoms with Crippen LogP contribution >= 0.6 is 11.6 Å². The predicted molar refractivity (Wildman–Crippen MR) is 115 cm³/mol. The van der Waals surface area contributed by atoms with E-state index in [4.69, 9.17) is 26.3 Å². The third-order valence-electron chi connectivity index (χ3n) is 5.03. The van der Waals surface area contributed by atoms with Crippen molar-refractivity contribution in [1.29, 1.82) is 0 Å². The van der Waals surface area contributed by atoms with E-state index in [1.165, 1.54) is 11.1 Å². The van der Waals surface area contributed by atoms with Crippen molar-refractivity contribution in [2.45, 2.75) is 20.3 Å². The summed E-state index contributed by atoms with van der Waals surface area (Å²) in [5.41, 5.74) is 8.06. The summed E-state index contributed by atoms with van der Waals surface area (Å²) in [6.07, 6.45) is 0.622. The van der Waals surface area contributed by atoms with Crippen LogP contribution < -0.4 is 4.74 Å². The van der Waals surface area contributed by atoms with E-state index in [1.807, 2.05) is 48.5 Å². The van der Waals surface area contributed by atoms with Gasteiger partial charge >= 0.3 is 0 Å². The first-order valence-corrected chi connectivity index (χ1v) is 9.58. The van der Waals surface area contributed by atoms with Gasteiger partial charge in [-0.25, -0.2) is 9.97 Å². The molecule has 0 bridgehead atoms. The fraction of sp³-hybridized carbons (Fsp3) is 0.167. The highest BCUT2D eigenvalue weighted by molar-refractivity contribution is 6.31. The fourth-order valence-electron chi connectivity index (χ4n) is 3.27. The third kappa shape index (κ3) is 3.58. The van der Waals surface area contributed by atoms with Crippen LogP contribution in [-0.4, -0.2) is 17.1 Å². The molecule has 0 fully saturated rings. The second kappa shape index (κ2) is 7.61. The number of aromatic nitrogens is 2. The number of ether oxygens (including phenoxy) is 1. The first kappa shape index (κ1) is 18.5. The number of methoxy groups -OCH3 is 1. The van der Waals surface area contributed by atoms with E-state index in [0.717, 1.165) is 44.3 Å². The van der Waals surface area contributed by atoms with E-state index in [9.17, 15) is 0 Å². The van der Waals surface area contributed by atoms with Crippen molar-refractivity contribution in [2.24, 2.45) is 0 Å². The van der Waals surface area contributed by atoms with Gasteiger partial charge in [0.05, 0.1) is 29.5 Å². The average Bonchev–Trinajstić information content (AvgIpc) is 2.70. The summed E-state index contributed by atoms with van der Waals surface area (Å²) >= 11 is 6.41. The highest BCUT2D eigenvalue weighted by Crippen LogP contribution is 2.29. The Labute approximate surface area is 170 Å². The molecule has 4 aromatic rings. The van der Waals surface area contributed by atoms with Crippen LogP contribution in [0.3, 0.4) is 0 Å². The SMILES string of the molecule is COc1ccc(-c2nc3cc(C)c(C)cc3nc2Cc2ccccc2Cl)cc1. The van der Waals surface area contributed by atoms with Gasteiger partial charge in [0.2, 0.25) is 0 Å². The van der Waals surface area contributed by atoms with Crippen LogP contribution in [0.1, 0.15) is 22.4 Å². The Kier molecular flexibility index (Phi) is 5.01. The second-order valence-electron chi connectivity index (χ2n) is 6.94. The molecule has 140 valence electrons. The zero-order valence-electron chi connectivity index (χ0n) is 16.2. The molecule has 28 heavy (non-hydrogen) atoms. The molecule has 0 aliphatic heterocycles. The quantitative estimate of drug-likeness (QED) is 0.419. The number of hydrogen-bond acceptors (Lipinski definition) is 3. The Balaban J connectivity index is 1.91. The standard InChI is InChI=1S/C24H21ClN2O/c1-15-12-21-22(13-16(15)2)27-24(17-8-10-19(28-3)11-9-17)23(26-21)14-18-6-4-5-7-20(18)25/h4-13H,14H2,1-3H3. The molecule has 0 aliphatic carbocycles. The van der Waals surface area contributed by atoms with Gasteiger partial charge in [-0.3, -0.25) is 0 Å². The van der Waals surface area contributed by atoms with Gasteiger partial charge in [0.25, 0.3) is 0 Å². The molecule has 1 heterocycles. The Morgan fingerprint density at radius 1 is 0.857 bits per heavy atom. The number of nitrogens with zero attached hydrogens (tertiary/aromatic N) is 2. The normalized spacial score (nSPS) is 11.0. The largest absolute Gasteiger partial charge is 0.497 e. The number of halogens is 1. The number of fused-ring (bicyclic) bond motifs is 1. The van der Waals surface area contributed by atoms with Crippen molar-refractivity contribution < 1.29 is 4.74 Å². The molecule has 0 spiro atoms. The lowest BCUT2D eigenvalue weighted by atomic mass is 10.0. The lowest BCUT2D eigenvalue weighted by Crippen LogP contribution is -2.02. The topological polar surface area (TPSA) is 35.0 Å². The minimum absolute atomic E-state index is 0.622. The Hall–Kier alpha value is -2.91. The molecule has 0 radical (unpaired) electrons. The van der Waals surface area contributed by atoms with E-state index < -0.39 is 0 Å². The predicted octanol–water partition coefficient (Wildman–Crippen LogP) is 6.17. The van der Waals surface area contributed by atoms with Gasteiger partial charge < -0.3 is 4.74 Å². The third-order valence-corrected chi connectivity index (χ3v) is 5.40. The minimum Gasteiger partial charge on any atom is -0.497 e. The van der Waals surface area contributed by atoms with E-state index in [0.29, 0.717) is 6.42 Å². The Morgan fingerprint density at radius 2 is 1.50 bits per heavy atom. The summed E-state index contributed by atoms with van der Waals surface area (Å²) < 4.78 is 5.29. The van der Waals surface area contributed by atoms with Crippen LogP contribution in [-0.2, 0) is 6.42 Å². The lowest BCUT2D eigenvalue weighted by Gasteiger charge is -2.13. The molecule has 0 atom stereocenters. The van der Waals surface area contributed by atoms with Gasteiger partial charge in [-0.15, -0.1) is 0 Å². The van der Waals surface area contributed by atoms with Crippen LogP contribution in [0.25, 0.3) is 22.3 Å². The monoisotopic (exact) mass is 388 g/mol. The molecule has 0 saturated carbocycles. The van der Waals surface area contributed by atoms with Crippen molar-refractivity contribution in [3.8, 4) is 17.0 Å². The molecule has 4 heteroatoms. The average molecular weight is 389 g/mol. The summed E-state index contributed by atoms with van der Waals surface area (Å²) in [7, 11) is 1.67. The van der Waals surface area contributed by atoms with Gasteiger partial charge in [0.1, 0.15) is 5.75 Å². The number of benzene rings is 3. The molecule has 0 aliphatic rings. The maximum Gasteiger partial charge on any atom is 0.118 e. The van der Waals surface area contributed by atoms with Gasteiger partial charge in [-0.2, -0.15) is 0 Å². The lowest BCUT2D eigenvalue weighted by molar-refractivity contribution is 0.415. The molecule has 0 saturated heterocycles. The Morgan fingerprint density at radius 3 is 2.14 bits per heavy atom. The van der Waals surface area contributed by atoms with Crippen LogP contribution in [0.4, 0.5) is 0 Å². The minimum atomic E-state index is 0.622. The van der Waals surface area contributed by atoms with Crippen molar-refractivity contribution in [3.63, 3.8) is 0 Å². The van der Waals surface area contributed by atoms with E-state index in [2.05, 4.69) is 26.0 Å². The molecule has 0 unspecified atom stereocenters. The van der Waals surface area contributed by atoms with Crippen LogP contribution in [0, 0.1) is 13.8 Å². The smallest absolute Gasteiger partial charge is 0.118 e. The summed E-state index contributed by atoms with van der Waals surface area (Å²) in [6.45, 7) is 4.20. The molecular weight excluding hydrogens is 368 g/mol. The molecule has 0 amide bonds. The summed E-state index contributed by atoms with van der Waals surface area (Å²) in [5.74, 6) is 0.816. The maximum absolute atomic E-state index is 6.41. The van der Waals surface area contributed by atoms with Gasteiger partial charge in [0, 0.05) is 17.0 Å². The van der Waals surface area contributed by atoms with Crippen molar-refractivity contribution in [1.82, 2.24) is 9.97 Å². The van der Waals surface area contributed by atoms with Crippen molar-refractivity contribution in [3.05, 3.63) is 88.1 Å². The molecular formula is C24H21ClN2O. The first-order chi connectivity index (χ1) is 13.5. The molecule has 3 aromatic carbocycles. The fourth-order valence-corrected chi connectivity index (χ4v) is 3.48. The maximum atomic E-state index is 6.41. The number of aryl methyl sites for hydroxylation is 2.